The first-order chi connectivity index (χ1) is 12.7. The van der Waals surface area contributed by atoms with E-state index in [-0.39, 0.29) is 17.8 Å². The molecule has 0 bridgehead atoms. The first-order valence-electron chi connectivity index (χ1n) is 8.65. The smallest absolute Gasteiger partial charge is 0.309 e. The molecule has 0 aromatic heterocycles. The summed E-state index contributed by atoms with van der Waals surface area (Å²) in [7, 11) is 4.78. The molecule has 1 aliphatic rings. The Kier molecular flexibility index (Phi) is 5.66. The molecule has 26 heavy (non-hydrogen) atoms. The number of carbonyl (C=O) groups excluding carboxylic acids is 1. The van der Waals surface area contributed by atoms with Crippen LogP contribution in [0.2, 0.25) is 0 Å². The van der Waals surface area contributed by atoms with Crippen LogP contribution in [0.1, 0.15) is 11.1 Å². The lowest BCUT2D eigenvalue weighted by Gasteiger charge is -2.18. The number of hydrogen-bond donors (Lipinski definition) is 0. The van der Waals surface area contributed by atoms with Crippen molar-refractivity contribution < 1.29 is 23.7 Å². The molecule has 3 rings (SSSR count). The average Bonchev–Trinajstić information content (AvgIpc) is 3.01. The van der Waals surface area contributed by atoms with Gasteiger partial charge in [0.25, 0.3) is 0 Å². The first-order valence-corrected chi connectivity index (χ1v) is 8.65. The number of hydrogen-bond acceptors (Lipinski definition) is 5. The Morgan fingerprint density at radius 1 is 0.923 bits per heavy atom. The zero-order valence-corrected chi connectivity index (χ0v) is 15.4. The molecule has 5 nitrogen and oxygen atoms in total. The summed E-state index contributed by atoms with van der Waals surface area (Å²) in [6.07, 6.45) is 1.40. The number of cyclic esters (lactones) is 1. The van der Waals surface area contributed by atoms with E-state index in [9.17, 15) is 4.79 Å². The van der Waals surface area contributed by atoms with E-state index < -0.39 is 0 Å². The maximum absolute atomic E-state index is 12.2. The summed E-state index contributed by atoms with van der Waals surface area (Å²) in [6.45, 7) is 0.437. The fourth-order valence-electron chi connectivity index (χ4n) is 3.48. The van der Waals surface area contributed by atoms with E-state index in [2.05, 4.69) is 0 Å². The topological polar surface area (TPSA) is 54.0 Å². The van der Waals surface area contributed by atoms with Gasteiger partial charge in [0.1, 0.15) is 0 Å². The van der Waals surface area contributed by atoms with E-state index >= 15 is 0 Å². The van der Waals surface area contributed by atoms with Crippen LogP contribution in [-0.4, -0.2) is 33.9 Å². The van der Waals surface area contributed by atoms with E-state index in [0.717, 1.165) is 11.1 Å². The van der Waals surface area contributed by atoms with Crippen LogP contribution < -0.4 is 14.2 Å². The second-order valence-corrected chi connectivity index (χ2v) is 6.42. The van der Waals surface area contributed by atoms with Gasteiger partial charge in [0.2, 0.25) is 5.75 Å². The van der Waals surface area contributed by atoms with Crippen LogP contribution in [0.5, 0.6) is 17.2 Å². The molecule has 0 amide bonds. The number of methoxy groups -OCH3 is 3. The molecule has 1 aliphatic heterocycles. The van der Waals surface area contributed by atoms with E-state index in [1.807, 2.05) is 42.5 Å². The van der Waals surface area contributed by atoms with Crippen LogP contribution in [0, 0.1) is 11.8 Å². The number of rotatable bonds is 7. The summed E-state index contributed by atoms with van der Waals surface area (Å²) in [4.78, 5) is 12.2. The Morgan fingerprint density at radius 3 is 2.15 bits per heavy atom. The average molecular weight is 356 g/mol. The minimum atomic E-state index is -0.142. The largest absolute Gasteiger partial charge is 0.493 e. The standard InChI is InChI=1S/C21H24O5/c1-23-18-11-15(12-19(24-2)20(18)25-3)9-16-13-26-21(22)17(16)10-14-7-5-4-6-8-14/h4-8,11-12,16-17H,9-10,13H2,1-3H3/t16-,17+/m0/s1. The van der Waals surface area contributed by atoms with Crippen molar-refractivity contribution in [3.05, 3.63) is 53.6 Å². The highest BCUT2D eigenvalue weighted by atomic mass is 16.5. The van der Waals surface area contributed by atoms with Gasteiger partial charge in [0.15, 0.2) is 11.5 Å². The third kappa shape index (κ3) is 3.77. The van der Waals surface area contributed by atoms with Gasteiger partial charge < -0.3 is 18.9 Å². The molecular weight excluding hydrogens is 332 g/mol. The normalized spacial score (nSPS) is 19.1. The Balaban J connectivity index is 1.81. The fourth-order valence-corrected chi connectivity index (χ4v) is 3.48. The predicted octanol–water partition coefficient (Wildman–Crippen LogP) is 3.29. The van der Waals surface area contributed by atoms with Crippen molar-refractivity contribution in [2.45, 2.75) is 12.8 Å². The van der Waals surface area contributed by atoms with Gasteiger partial charge in [-0.1, -0.05) is 30.3 Å². The zero-order chi connectivity index (χ0) is 18.5. The highest BCUT2D eigenvalue weighted by Gasteiger charge is 2.37. The zero-order valence-electron chi connectivity index (χ0n) is 15.4. The predicted molar refractivity (Wildman–Crippen MR) is 97.9 cm³/mol. The lowest BCUT2D eigenvalue weighted by Crippen LogP contribution is -2.20. The molecule has 0 aliphatic carbocycles. The monoisotopic (exact) mass is 356 g/mol. The van der Waals surface area contributed by atoms with Crippen molar-refractivity contribution in [1.82, 2.24) is 0 Å². The van der Waals surface area contributed by atoms with Crippen LogP contribution in [0.15, 0.2) is 42.5 Å². The molecule has 1 saturated heterocycles. The van der Waals surface area contributed by atoms with Crippen LogP contribution in [-0.2, 0) is 22.4 Å². The Hall–Kier alpha value is -2.69. The van der Waals surface area contributed by atoms with Gasteiger partial charge >= 0.3 is 5.97 Å². The molecular formula is C21H24O5. The van der Waals surface area contributed by atoms with E-state index in [1.54, 1.807) is 21.3 Å². The molecule has 0 radical (unpaired) electrons. The Bertz CT molecular complexity index is 731. The lowest BCUT2D eigenvalue weighted by molar-refractivity contribution is -0.141. The number of benzene rings is 2. The van der Waals surface area contributed by atoms with Crippen LogP contribution >= 0.6 is 0 Å². The molecule has 2 atom stereocenters. The molecule has 138 valence electrons. The van der Waals surface area contributed by atoms with Crippen molar-refractivity contribution in [3.8, 4) is 17.2 Å². The van der Waals surface area contributed by atoms with Crippen molar-refractivity contribution >= 4 is 5.97 Å². The van der Waals surface area contributed by atoms with Crippen molar-refractivity contribution in [3.63, 3.8) is 0 Å². The summed E-state index contributed by atoms with van der Waals surface area (Å²) >= 11 is 0. The van der Waals surface area contributed by atoms with Gasteiger partial charge in [-0.05, 0) is 36.1 Å². The Morgan fingerprint density at radius 2 is 1.58 bits per heavy atom. The van der Waals surface area contributed by atoms with E-state index in [0.29, 0.717) is 36.7 Å². The summed E-state index contributed by atoms with van der Waals surface area (Å²) in [5, 5.41) is 0. The molecule has 0 N–H and O–H groups in total. The molecule has 2 aromatic rings. The second kappa shape index (κ2) is 8.13. The molecule has 2 aromatic carbocycles. The third-order valence-electron chi connectivity index (χ3n) is 4.83. The molecule has 0 spiro atoms. The SMILES string of the molecule is COc1cc(C[C@H]2COC(=O)[C@@H]2Cc2ccccc2)cc(OC)c1OC. The molecule has 5 heteroatoms. The van der Waals surface area contributed by atoms with Crippen LogP contribution in [0.25, 0.3) is 0 Å². The van der Waals surface area contributed by atoms with Crippen LogP contribution in [0.4, 0.5) is 0 Å². The van der Waals surface area contributed by atoms with Crippen LogP contribution in [0.3, 0.4) is 0 Å². The maximum atomic E-state index is 12.2. The van der Waals surface area contributed by atoms with Crippen molar-refractivity contribution in [2.75, 3.05) is 27.9 Å². The summed E-state index contributed by atoms with van der Waals surface area (Å²) < 4.78 is 21.6. The third-order valence-corrected chi connectivity index (χ3v) is 4.83. The summed E-state index contributed by atoms with van der Waals surface area (Å²) in [5.74, 6) is 1.66. The molecule has 0 saturated carbocycles. The summed E-state index contributed by atoms with van der Waals surface area (Å²) in [5.41, 5.74) is 2.17. The highest BCUT2D eigenvalue weighted by molar-refractivity contribution is 5.75. The number of carbonyl (C=O) groups is 1. The van der Waals surface area contributed by atoms with Gasteiger partial charge in [-0.15, -0.1) is 0 Å². The molecule has 0 unspecified atom stereocenters. The summed E-state index contributed by atoms with van der Waals surface area (Å²) in [6, 6.07) is 13.9. The molecule has 1 fully saturated rings. The quantitative estimate of drug-likeness (QED) is 0.713. The minimum Gasteiger partial charge on any atom is -0.493 e. The van der Waals surface area contributed by atoms with Gasteiger partial charge in [-0.2, -0.15) is 0 Å². The van der Waals surface area contributed by atoms with E-state index in [4.69, 9.17) is 18.9 Å². The molecule has 1 heterocycles. The van der Waals surface area contributed by atoms with Crippen molar-refractivity contribution in [2.24, 2.45) is 11.8 Å². The minimum absolute atomic E-state index is 0.116. The van der Waals surface area contributed by atoms with Gasteiger partial charge in [0, 0.05) is 5.92 Å². The first kappa shape index (κ1) is 18.1. The van der Waals surface area contributed by atoms with Crippen molar-refractivity contribution in [1.29, 1.82) is 0 Å². The second-order valence-electron chi connectivity index (χ2n) is 6.42. The highest BCUT2D eigenvalue weighted by Crippen LogP contribution is 2.39. The number of ether oxygens (including phenoxy) is 4. The maximum Gasteiger partial charge on any atom is 0.309 e. The lowest BCUT2D eigenvalue weighted by atomic mass is 9.85. The van der Waals surface area contributed by atoms with Gasteiger partial charge in [-0.25, -0.2) is 0 Å². The van der Waals surface area contributed by atoms with E-state index in [1.165, 1.54) is 0 Å². The Labute approximate surface area is 153 Å². The fraction of sp³-hybridized carbons (Fsp3) is 0.381. The number of esters is 1. The van der Waals surface area contributed by atoms with Gasteiger partial charge in [-0.3, -0.25) is 4.79 Å². The van der Waals surface area contributed by atoms with Gasteiger partial charge in [0.05, 0.1) is 33.9 Å².